The lowest BCUT2D eigenvalue weighted by Crippen LogP contribution is -2.61. The highest BCUT2D eigenvalue weighted by molar-refractivity contribution is 7.80. The van der Waals surface area contributed by atoms with Gasteiger partial charge in [0.25, 0.3) is 0 Å². The van der Waals surface area contributed by atoms with Gasteiger partial charge in [0.1, 0.15) is 24.4 Å². The highest BCUT2D eigenvalue weighted by Gasteiger charge is 2.48. The Morgan fingerprint density at radius 2 is 0.790 bits per heavy atom. The van der Waals surface area contributed by atoms with Crippen LogP contribution >= 0.6 is 0 Å². The molecule has 7 unspecified atom stereocenters. The molecule has 1 rings (SSSR count). The zero-order valence-electron chi connectivity index (χ0n) is 52.6. The van der Waals surface area contributed by atoms with Crippen molar-refractivity contribution in [2.45, 2.75) is 391 Å². The summed E-state index contributed by atoms with van der Waals surface area (Å²) in [5, 5.41) is 45.2. The Labute approximate surface area is 499 Å². The highest BCUT2D eigenvalue weighted by Crippen LogP contribution is 2.26. The fourth-order valence-corrected chi connectivity index (χ4v) is 11.9. The number of rotatable bonds is 62. The lowest BCUT2D eigenvalue weighted by atomic mass is 9.99. The molecule has 0 spiro atoms. The van der Waals surface area contributed by atoms with Gasteiger partial charge in [0.15, 0.2) is 6.29 Å². The number of hydrogen-bond acceptors (Lipinski definition) is 10. The number of unbranched alkanes of at least 4 members (excludes halogenated alkanes) is 48. The van der Waals surface area contributed by atoms with Crippen LogP contribution in [-0.2, 0) is 28.9 Å². The average molecular weight is 1170 g/mol. The summed E-state index contributed by atoms with van der Waals surface area (Å²) in [7, 11) is -5.09. The smallest absolute Gasteiger partial charge is 0.394 e. The lowest BCUT2D eigenvalue weighted by Gasteiger charge is -2.41. The average Bonchev–Trinajstić information content (AvgIpc) is 3.51. The number of nitrogens with one attached hydrogen (secondary N) is 1. The maximum atomic E-state index is 13.2. The van der Waals surface area contributed by atoms with Crippen LogP contribution in [0, 0.1) is 0 Å². The van der Waals surface area contributed by atoms with Gasteiger partial charge in [-0.25, -0.2) is 4.18 Å². The van der Waals surface area contributed by atoms with Gasteiger partial charge in [-0.15, -0.1) is 0 Å². The van der Waals surface area contributed by atoms with Gasteiger partial charge in [-0.3, -0.25) is 9.35 Å². The molecule has 81 heavy (non-hydrogen) atoms. The van der Waals surface area contributed by atoms with E-state index in [1.807, 2.05) is 6.08 Å². The second-order valence-electron chi connectivity index (χ2n) is 24.5. The van der Waals surface area contributed by atoms with Crippen LogP contribution in [0.2, 0.25) is 0 Å². The standard InChI is InChI=1S/C68H131NO11S/c1-3-5-7-9-11-13-15-17-19-21-23-25-27-29-30-31-32-33-34-36-38-40-42-44-46-48-50-52-54-56-58-64(72)69-61(60-78-68-66(74)67(80-81(75,76)77)65(73)63(59-70)79-68)62(71)57-55-53-51-49-47-45-43-41-39-37-35-28-26-24-22-20-18-16-14-12-10-8-6-4-2/h29-30,55,57,61-63,65-68,70-71,73-74H,3-28,31-54,56,58-60H2,1-2H3,(H,69,72)(H,75,76,77)/b30-29-,57-55+. The Kier molecular flexibility index (Phi) is 55.2. The Hall–Kier alpha value is -1.42. The van der Waals surface area contributed by atoms with Crippen molar-refractivity contribution in [3.8, 4) is 0 Å². The first-order valence-electron chi connectivity index (χ1n) is 34.7. The summed E-state index contributed by atoms with van der Waals surface area (Å²) < 4.78 is 48.0. The summed E-state index contributed by atoms with van der Waals surface area (Å²) in [6.45, 7) is 3.46. The highest BCUT2D eigenvalue weighted by atomic mass is 32.3. The molecule has 1 heterocycles. The number of carbonyl (C=O) groups excluding carboxylic acids is 1. The molecule has 12 nitrogen and oxygen atoms in total. The van der Waals surface area contributed by atoms with Crippen LogP contribution in [0.5, 0.6) is 0 Å². The van der Waals surface area contributed by atoms with Gasteiger partial charge in [0, 0.05) is 6.42 Å². The fraction of sp³-hybridized carbons (Fsp3) is 0.926. The van der Waals surface area contributed by atoms with Crippen molar-refractivity contribution in [3.05, 3.63) is 24.3 Å². The molecule has 13 heteroatoms. The van der Waals surface area contributed by atoms with E-state index in [2.05, 4.69) is 35.5 Å². The number of ether oxygens (including phenoxy) is 2. The number of hydrogen-bond donors (Lipinski definition) is 6. The van der Waals surface area contributed by atoms with Gasteiger partial charge in [-0.2, -0.15) is 8.42 Å². The molecule has 0 aromatic heterocycles. The first-order chi connectivity index (χ1) is 39.5. The summed E-state index contributed by atoms with van der Waals surface area (Å²) in [4.78, 5) is 13.2. The van der Waals surface area contributed by atoms with E-state index < -0.39 is 59.9 Å². The van der Waals surface area contributed by atoms with Gasteiger partial charge >= 0.3 is 10.4 Å². The summed E-state index contributed by atoms with van der Waals surface area (Å²) >= 11 is 0. The van der Waals surface area contributed by atoms with Crippen molar-refractivity contribution in [3.63, 3.8) is 0 Å². The van der Waals surface area contributed by atoms with E-state index in [0.29, 0.717) is 6.42 Å². The van der Waals surface area contributed by atoms with E-state index in [-0.39, 0.29) is 18.9 Å². The topological polar surface area (TPSA) is 192 Å². The van der Waals surface area contributed by atoms with Gasteiger partial charge in [-0.05, 0) is 44.9 Å². The molecule has 0 bridgehead atoms. The predicted octanol–water partition coefficient (Wildman–Crippen LogP) is 17.9. The van der Waals surface area contributed by atoms with E-state index in [0.717, 1.165) is 38.5 Å². The van der Waals surface area contributed by atoms with Crippen molar-refractivity contribution in [1.29, 1.82) is 0 Å². The molecular weight excluding hydrogens is 1040 g/mol. The van der Waals surface area contributed by atoms with Crippen LogP contribution in [0.25, 0.3) is 0 Å². The van der Waals surface area contributed by atoms with Crippen molar-refractivity contribution in [2.75, 3.05) is 13.2 Å². The molecule has 6 N–H and O–H groups in total. The molecule has 1 fully saturated rings. The predicted molar refractivity (Wildman–Crippen MR) is 338 cm³/mol. The van der Waals surface area contributed by atoms with Crippen molar-refractivity contribution in [2.24, 2.45) is 0 Å². The number of allylic oxidation sites excluding steroid dienone is 3. The van der Waals surface area contributed by atoms with Gasteiger partial charge in [0.05, 0.1) is 25.4 Å². The van der Waals surface area contributed by atoms with Crippen LogP contribution in [-0.4, -0.2) is 95.4 Å². The third-order valence-electron chi connectivity index (χ3n) is 16.7. The van der Waals surface area contributed by atoms with E-state index in [4.69, 9.17) is 9.47 Å². The molecule has 0 aromatic rings. The summed E-state index contributed by atoms with van der Waals surface area (Å²) in [5.41, 5.74) is 0. The first kappa shape index (κ1) is 77.6. The van der Waals surface area contributed by atoms with Crippen LogP contribution in [0.4, 0.5) is 0 Å². The summed E-state index contributed by atoms with van der Waals surface area (Å²) in [5.74, 6) is -0.256. The van der Waals surface area contributed by atoms with Crippen LogP contribution in [0.15, 0.2) is 24.3 Å². The zero-order valence-corrected chi connectivity index (χ0v) is 53.4. The SMILES string of the molecule is CCCCCCCCCCCCCC/C=C\CCCCCCCCCCCCCCCCC(=O)NC(COC1OC(CO)C(O)C(OS(=O)(=O)O)C1O)C(O)/C=C/CCCCCCCCCCCCCCCCCCCCCCCC. The molecule has 0 aromatic carbocycles. The molecule has 7 atom stereocenters. The number of carbonyl (C=O) groups is 1. The lowest BCUT2D eigenvalue weighted by molar-refractivity contribution is -0.298. The monoisotopic (exact) mass is 1170 g/mol. The van der Waals surface area contributed by atoms with Crippen LogP contribution in [0.1, 0.15) is 348 Å². The summed E-state index contributed by atoms with van der Waals surface area (Å²) in [6, 6.07) is -0.944. The minimum absolute atomic E-state index is 0.256. The van der Waals surface area contributed by atoms with E-state index in [1.54, 1.807) is 6.08 Å². The van der Waals surface area contributed by atoms with Crippen molar-refractivity contribution in [1.82, 2.24) is 5.32 Å². The molecule has 0 saturated carbocycles. The first-order valence-corrected chi connectivity index (χ1v) is 36.1. The maximum Gasteiger partial charge on any atom is 0.397 e. The van der Waals surface area contributed by atoms with Gasteiger partial charge < -0.3 is 35.2 Å². The molecule has 1 saturated heterocycles. The zero-order chi connectivity index (χ0) is 59.0. The Morgan fingerprint density at radius 1 is 0.481 bits per heavy atom. The molecular formula is C68H131NO11S. The quantitative estimate of drug-likeness (QED) is 0.0193. The maximum absolute atomic E-state index is 13.2. The Balaban J connectivity index is 2.26. The van der Waals surface area contributed by atoms with Crippen molar-refractivity contribution < 1.29 is 51.8 Å². The Bertz CT molecular complexity index is 1520. The minimum Gasteiger partial charge on any atom is -0.394 e. The molecule has 1 amide bonds. The summed E-state index contributed by atoms with van der Waals surface area (Å²) in [6.07, 6.45) is 65.3. The minimum atomic E-state index is -5.09. The van der Waals surface area contributed by atoms with Gasteiger partial charge in [0.2, 0.25) is 5.91 Å². The molecule has 480 valence electrons. The molecule has 0 aliphatic carbocycles. The van der Waals surface area contributed by atoms with E-state index >= 15 is 0 Å². The van der Waals surface area contributed by atoms with E-state index in [1.165, 1.54) is 283 Å². The Morgan fingerprint density at radius 3 is 1.11 bits per heavy atom. The van der Waals surface area contributed by atoms with Gasteiger partial charge in [-0.1, -0.05) is 321 Å². The largest absolute Gasteiger partial charge is 0.397 e. The second-order valence-corrected chi connectivity index (χ2v) is 25.5. The molecule has 1 aliphatic rings. The molecule has 0 radical (unpaired) electrons. The second kappa shape index (κ2) is 57.6. The normalized spacial score (nSPS) is 18.6. The fourth-order valence-electron chi connectivity index (χ4n) is 11.4. The number of amides is 1. The number of aliphatic hydroxyl groups is 4. The third-order valence-corrected chi connectivity index (χ3v) is 17.2. The van der Waals surface area contributed by atoms with Crippen molar-refractivity contribution >= 4 is 16.3 Å². The van der Waals surface area contributed by atoms with E-state index in [9.17, 15) is 38.2 Å². The number of aliphatic hydroxyl groups excluding tert-OH is 4. The third kappa shape index (κ3) is 49.4. The van der Waals surface area contributed by atoms with Crippen LogP contribution in [0.3, 0.4) is 0 Å². The van der Waals surface area contributed by atoms with Crippen LogP contribution < -0.4 is 5.32 Å². The molecule has 1 aliphatic heterocycles.